The van der Waals surface area contributed by atoms with Crippen LogP contribution >= 0.6 is 15.9 Å². The molecule has 7 heteroatoms. The molecule has 122 valence electrons. The molecule has 22 heavy (non-hydrogen) atoms. The largest absolute Gasteiger partial charge is 0.469 e. The molecule has 0 saturated carbocycles. The summed E-state index contributed by atoms with van der Waals surface area (Å²) in [4.78, 5) is 33.8. The van der Waals surface area contributed by atoms with Gasteiger partial charge in [0.1, 0.15) is 10.4 Å². The third kappa shape index (κ3) is 3.69. The summed E-state index contributed by atoms with van der Waals surface area (Å²) in [6.45, 7) is 4.62. The fourth-order valence-electron chi connectivity index (χ4n) is 2.88. The van der Waals surface area contributed by atoms with Gasteiger partial charge in [0.2, 0.25) is 5.91 Å². The standard InChI is InChI=1S/C15H22BrN3O3/c1-9(2)10(7-13(20)22-3)15(21)19-6-4-5-11(19)14-17-8-12(16)18-14/h8-11H,4-7H2,1-3H3,(H,17,18)/t10-,11?/m0/s1. The molecule has 1 unspecified atom stereocenters. The average Bonchev–Trinajstić information content (AvgIpc) is 3.11. The lowest BCUT2D eigenvalue weighted by molar-refractivity contribution is -0.148. The van der Waals surface area contributed by atoms with Gasteiger partial charge in [-0.3, -0.25) is 9.59 Å². The SMILES string of the molecule is COC(=O)C[C@H](C(=O)N1CCCC1c1ncc(Br)[nH]1)C(C)C. The van der Waals surface area contributed by atoms with Crippen LogP contribution in [0.1, 0.15) is 45.0 Å². The molecule has 0 aliphatic carbocycles. The van der Waals surface area contributed by atoms with Gasteiger partial charge in [0.15, 0.2) is 0 Å². The first-order valence-corrected chi connectivity index (χ1v) is 8.31. The Hall–Kier alpha value is -1.37. The molecule has 1 aliphatic heterocycles. The Balaban J connectivity index is 2.16. The van der Waals surface area contributed by atoms with E-state index in [0.717, 1.165) is 23.3 Å². The summed E-state index contributed by atoms with van der Waals surface area (Å²) in [5.74, 6) is 0.180. The summed E-state index contributed by atoms with van der Waals surface area (Å²) in [6.07, 6.45) is 3.65. The molecule has 1 fully saturated rings. The molecular weight excluding hydrogens is 350 g/mol. The first-order chi connectivity index (χ1) is 10.4. The Morgan fingerprint density at radius 1 is 1.55 bits per heavy atom. The number of esters is 1. The molecule has 1 aliphatic rings. The number of H-pyrrole nitrogens is 1. The zero-order valence-corrected chi connectivity index (χ0v) is 14.7. The molecule has 1 amide bonds. The van der Waals surface area contributed by atoms with Gasteiger partial charge in [-0.1, -0.05) is 13.8 Å². The van der Waals surface area contributed by atoms with Crippen LogP contribution in [0.3, 0.4) is 0 Å². The number of carbonyl (C=O) groups excluding carboxylic acids is 2. The summed E-state index contributed by atoms with van der Waals surface area (Å²) < 4.78 is 5.53. The Morgan fingerprint density at radius 2 is 2.27 bits per heavy atom. The van der Waals surface area contributed by atoms with Crippen molar-refractivity contribution in [2.24, 2.45) is 11.8 Å². The van der Waals surface area contributed by atoms with Crippen LogP contribution in [0, 0.1) is 11.8 Å². The van der Waals surface area contributed by atoms with Crippen LogP contribution in [-0.4, -0.2) is 40.4 Å². The first kappa shape index (κ1) is 17.0. The van der Waals surface area contributed by atoms with Gasteiger partial charge in [0.05, 0.1) is 31.7 Å². The third-order valence-electron chi connectivity index (χ3n) is 4.15. The minimum Gasteiger partial charge on any atom is -0.469 e. The smallest absolute Gasteiger partial charge is 0.306 e. The lowest BCUT2D eigenvalue weighted by Gasteiger charge is -2.29. The van der Waals surface area contributed by atoms with Crippen LogP contribution in [0.5, 0.6) is 0 Å². The van der Waals surface area contributed by atoms with Gasteiger partial charge in [-0.15, -0.1) is 0 Å². The number of imidazole rings is 1. The van der Waals surface area contributed by atoms with Crippen LogP contribution in [0.25, 0.3) is 0 Å². The topological polar surface area (TPSA) is 75.3 Å². The Morgan fingerprint density at radius 3 is 2.82 bits per heavy atom. The van der Waals surface area contributed by atoms with Gasteiger partial charge in [0, 0.05) is 6.54 Å². The summed E-state index contributed by atoms with van der Waals surface area (Å²) in [5, 5.41) is 0. The van der Waals surface area contributed by atoms with Crippen molar-refractivity contribution in [2.45, 2.75) is 39.2 Å². The fourth-order valence-corrected chi connectivity index (χ4v) is 3.19. The van der Waals surface area contributed by atoms with Gasteiger partial charge in [-0.2, -0.15) is 0 Å². The zero-order valence-electron chi connectivity index (χ0n) is 13.1. The van der Waals surface area contributed by atoms with E-state index in [-0.39, 0.29) is 36.2 Å². The number of methoxy groups -OCH3 is 1. The molecular formula is C15H22BrN3O3. The van der Waals surface area contributed by atoms with Crippen molar-refractivity contribution < 1.29 is 14.3 Å². The average molecular weight is 372 g/mol. The first-order valence-electron chi connectivity index (χ1n) is 7.51. The summed E-state index contributed by atoms with van der Waals surface area (Å²) in [7, 11) is 1.35. The highest BCUT2D eigenvalue weighted by Gasteiger charge is 2.37. The number of rotatable bonds is 5. The van der Waals surface area contributed by atoms with Crippen LogP contribution in [0.4, 0.5) is 0 Å². The minimum atomic E-state index is -0.355. The molecule has 6 nitrogen and oxygen atoms in total. The van der Waals surface area contributed by atoms with Crippen molar-refractivity contribution in [1.82, 2.24) is 14.9 Å². The van der Waals surface area contributed by atoms with E-state index in [4.69, 9.17) is 4.74 Å². The van der Waals surface area contributed by atoms with E-state index < -0.39 is 0 Å². The number of likely N-dealkylation sites (tertiary alicyclic amines) is 1. The maximum atomic E-state index is 12.9. The monoisotopic (exact) mass is 371 g/mol. The molecule has 0 spiro atoms. The molecule has 1 aromatic rings. The number of hydrogen-bond donors (Lipinski definition) is 1. The zero-order chi connectivity index (χ0) is 16.3. The summed E-state index contributed by atoms with van der Waals surface area (Å²) >= 11 is 3.35. The van der Waals surface area contributed by atoms with Crippen LogP contribution < -0.4 is 0 Å². The number of amides is 1. The minimum absolute atomic E-state index is 0.00965. The van der Waals surface area contributed by atoms with Crippen molar-refractivity contribution in [3.63, 3.8) is 0 Å². The molecule has 1 N–H and O–H groups in total. The number of halogens is 1. The van der Waals surface area contributed by atoms with Gasteiger partial charge in [-0.05, 0) is 34.7 Å². The molecule has 0 aromatic carbocycles. The molecule has 1 aromatic heterocycles. The summed E-state index contributed by atoms with van der Waals surface area (Å²) in [6, 6.07) is -0.0438. The van der Waals surface area contributed by atoms with E-state index in [2.05, 4.69) is 25.9 Å². The van der Waals surface area contributed by atoms with Crippen molar-refractivity contribution >= 4 is 27.8 Å². The van der Waals surface area contributed by atoms with Gasteiger partial charge >= 0.3 is 5.97 Å². The highest BCUT2D eigenvalue weighted by Crippen LogP contribution is 2.33. The number of nitrogens with one attached hydrogen (secondary N) is 1. The van der Waals surface area contributed by atoms with E-state index in [9.17, 15) is 9.59 Å². The van der Waals surface area contributed by atoms with Crippen molar-refractivity contribution in [3.8, 4) is 0 Å². The second-order valence-electron chi connectivity index (χ2n) is 5.94. The van der Waals surface area contributed by atoms with Gasteiger partial charge in [-0.25, -0.2) is 4.98 Å². The second-order valence-corrected chi connectivity index (χ2v) is 6.79. The van der Waals surface area contributed by atoms with E-state index in [1.54, 1.807) is 6.20 Å². The molecule has 0 bridgehead atoms. The lowest BCUT2D eigenvalue weighted by Crippen LogP contribution is -2.39. The van der Waals surface area contributed by atoms with E-state index in [0.29, 0.717) is 6.54 Å². The molecule has 2 atom stereocenters. The molecule has 2 heterocycles. The molecule has 0 radical (unpaired) electrons. The number of nitrogens with zero attached hydrogens (tertiary/aromatic N) is 2. The predicted octanol–water partition coefficient (Wildman–Crippen LogP) is 2.67. The number of hydrogen-bond acceptors (Lipinski definition) is 4. The highest BCUT2D eigenvalue weighted by atomic mass is 79.9. The van der Waals surface area contributed by atoms with E-state index >= 15 is 0 Å². The predicted molar refractivity (Wildman–Crippen MR) is 84.9 cm³/mol. The van der Waals surface area contributed by atoms with Gasteiger partial charge in [0.25, 0.3) is 0 Å². The summed E-state index contributed by atoms with van der Waals surface area (Å²) in [5.41, 5.74) is 0. The Bertz CT molecular complexity index is 544. The van der Waals surface area contributed by atoms with Crippen molar-refractivity contribution in [1.29, 1.82) is 0 Å². The normalized spacial score (nSPS) is 19.5. The highest BCUT2D eigenvalue weighted by molar-refractivity contribution is 9.10. The van der Waals surface area contributed by atoms with E-state index in [1.807, 2.05) is 18.7 Å². The quantitative estimate of drug-likeness (QED) is 0.807. The number of aromatic amines is 1. The molecule has 1 saturated heterocycles. The Labute approximate surface area is 138 Å². The van der Waals surface area contributed by atoms with Crippen LogP contribution in [0.15, 0.2) is 10.8 Å². The third-order valence-corrected chi connectivity index (χ3v) is 4.56. The van der Waals surface area contributed by atoms with Crippen LogP contribution in [0.2, 0.25) is 0 Å². The lowest BCUT2D eigenvalue weighted by atomic mass is 9.91. The van der Waals surface area contributed by atoms with Crippen molar-refractivity contribution in [3.05, 3.63) is 16.6 Å². The fraction of sp³-hybridized carbons (Fsp3) is 0.667. The molecule has 2 rings (SSSR count). The number of ether oxygens (including phenoxy) is 1. The van der Waals surface area contributed by atoms with Gasteiger partial charge < -0.3 is 14.6 Å². The maximum Gasteiger partial charge on any atom is 0.306 e. The van der Waals surface area contributed by atoms with Crippen molar-refractivity contribution in [2.75, 3.05) is 13.7 Å². The number of aromatic nitrogens is 2. The second kappa shape index (κ2) is 7.26. The maximum absolute atomic E-state index is 12.9. The van der Waals surface area contributed by atoms with E-state index in [1.165, 1.54) is 7.11 Å². The van der Waals surface area contributed by atoms with Crippen LogP contribution in [-0.2, 0) is 14.3 Å². The Kier molecular flexibility index (Phi) is 5.61. The number of carbonyl (C=O) groups is 2.